The van der Waals surface area contributed by atoms with E-state index < -0.39 is 124 Å². The number of unbranched alkanes of at least 4 members (excludes halogenated alkanes) is 32. The lowest BCUT2D eigenvalue weighted by Crippen LogP contribution is -2.66. The predicted molar refractivity (Wildman–Crippen MR) is 333 cm³/mol. The second-order valence-corrected chi connectivity index (χ2v) is 24.6. The lowest BCUT2D eigenvalue weighted by molar-refractivity contribution is -0.379. The molecule has 3 heterocycles. The summed E-state index contributed by atoms with van der Waals surface area (Å²) in [5.74, 6) is -0.295. The van der Waals surface area contributed by atoms with Crippen molar-refractivity contribution in [1.82, 2.24) is 5.32 Å². The number of ether oxygens (including phenoxy) is 6. The van der Waals surface area contributed by atoms with E-state index in [1.165, 1.54) is 161 Å². The highest BCUT2D eigenvalue weighted by molar-refractivity contribution is 5.76. The molecule has 504 valence electrons. The number of carbonyl (C=O) groups is 1. The van der Waals surface area contributed by atoms with Gasteiger partial charge in [-0.1, -0.05) is 224 Å². The SMILES string of the molecule is CCCCC/C=C\CCCCCCCC(=O)NC(COC1OC(CO)C(OC2OC(CO)C(OC3OC(CO)C(O)C(O)C3O)C(O)C2O)C(O)C1O)C(O)/C=C/CC/C=C/CCCCCCCCCCCCCCCCCCCCCCCCC. The molecule has 3 aliphatic heterocycles. The molecule has 0 aromatic heterocycles. The molecule has 0 aromatic rings. The molecule has 0 saturated carbocycles. The largest absolute Gasteiger partial charge is 0.394 e. The Morgan fingerprint density at radius 3 is 1.19 bits per heavy atom. The molecule has 3 aliphatic rings. The fourth-order valence-electron chi connectivity index (χ4n) is 11.6. The van der Waals surface area contributed by atoms with Crippen LogP contribution in [0.3, 0.4) is 0 Å². The minimum atomic E-state index is -1.98. The number of amides is 1. The summed E-state index contributed by atoms with van der Waals surface area (Å²) in [5, 5.41) is 120. The number of allylic oxidation sites excluding steroid dienone is 5. The molecule has 19 nitrogen and oxygen atoms in total. The Kier molecular flexibility index (Phi) is 45.2. The first-order valence-corrected chi connectivity index (χ1v) is 34.2. The third-order valence-electron chi connectivity index (χ3n) is 17.2. The molecule has 17 atom stereocenters. The van der Waals surface area contributed by atoms with Crippen LogP contribution in [0.2, 0.25) is 0 Å². The number of aliphatic hydroxyl groups is 11. The van der Waals surface area contributed by atoms with E-state index in [-0.39, 0.29) is 18.9 Å². The first-order chi connectivity index (χ1) is 41.8. The van der Waals surface area contributed by atoms with E-state index in [4.69, 9.17) is 28.4 Å². The van der Waals surface area contributed by atoms with Gasteiger partial charge in [0, 0.05) is 6.42 Å². The van der Waals surface area contributed by atoms with Gasteiger partial charge in [0.25, 0.3) is 0 Å². The number of nitrogens with one attached hydrogen (secondary N) is 1. The van der Waals surface area contributed by atoms with Crippen LogP contribution in [-0.4, -0.2) is 193 Å². The van der Waals surface area contributed by atoms with Gasteiger partial charge in [-0.25, -0.2) is 0 Å². The molecular weight excluding hydrogens is 1110 g/mol. The molecule has 19 heteroatoms. The zero-order valence-corrected chi connectivity index (χ0v) is 53.0. The fraction of sp³-hybridized carbons (Fsp3) is 0.896. The van der Waals surface area contributed by atoms with Crippen molar-refractivity contribution in [2.75, 3.05) is 26.4 Å². The molecule has 0 spiro atoms. The van der Waals surface area contributed by atoms with Gasteiger partial charge in [-0.3, -0.25) is 4.79 Å². The average Bonchev–Trinajstić information content (AvgIpc) is 1.54. The Labute approximate surface area is 517 Å². The molecule has 0 aliphatic carbocycles. The molecule has 0 radical (unpaired) electrons. The van der Waals surface area contributed by atoms with Crippen LogP contribution in [0.25, 0.3) is 0 Å². The summed E-state index contributed by atoms with van der Waals surface area (Å²) < 4.78 is 34.3. The zero-order valence-electron chi connectivity index (χ0n) is 53.0. The van der Waals surface area contributed by atoms with E-state index in [0.29, 0.717) is 12.8 Å². The van der Waals surface area contributed by atoms with Crippen molar-refractivity contribution >= 4 is 5.91 Å². The van der Waals surface area contributed by atoms with Crippen molar-refractivity contribution in [3.63, 3.8) is 0 Å². The first-order valence-electron chi connectivity index (χ1n) is 34.2. The maximum absolute atomic E-state index is 13.3. The number of hydrogen-bond acceptors (Lipinski definition) is 18. The number of carbonyl (C=O) groups excluding carboxylic acids is 1. The van der Waals surface area contributed by atoms with E-state index in [1.54, 1.807) is 6.08 Å². The lowest BCUT2D eigenvalue weighted by atomic mass is 9.96. The molecule has 3 saturated heterocycles. The van der Waals surface area contributed by atoms with E-state index in [1.807, 2.05) is 6.08 Å². The van der Waals surface area contributed by atoms with Gasteiger partial charge in [-0.2, -0.15) is 0 Å². The van der Waals surface area contributed by atoms with Crippen molar-refractivity contribution in [3.8, 4) is 0 Å². The third kappa shape index (κ3) is 31.8. The number of rotatable bonds is 52. The summed E-state index contributed by atoms with van der Waals surface area (Å²) in [5.41, 5.74) is 0. The van der Waals surface area contributed by atoms with Crippen LogP contribution in [0, 0.1) is 0 Å². The standard InChI is InChI=1S/C67H123NO18/c1-3-5-7-9-11-13-15-17-18-19-20-21-22-23-24-25-26-27-28-29-30-31-32-33-34-36-38-40-42-44-51(72)50(68-55(73)45-43-41-39-37-35-16-14-12-10-8-6-4-2)49-81-65-61(79)58(76)63(53(47-70)83-65)86-67-62(80)59(77)64(54(48-71)84-67)85-66-60(78)57(75)56(74)52(46-69)82-66/h12,14,34,36,42,44,50-54,56-67,69-72,74-80H,3-11,13,15-33,35,37-41,43,45-49H2,1-2H3,(H,68,73)/b14-12-,36-34+,44-42+. The van der Waals surface area contributed by atoms with Gasteiger partial charge in [-0.15, -0.1) is 0 Å². The predicted octanol–water partition coefficient (Wildman–Crippen LogP) is 8.44. The average molecular weight is 1230 g/mol. The zero-order chi connectivity index (χ0) is 62.6. The topological polar surface area (TPSA) is 307 Å². The van der Waals surface area contributed by atoms with Gasteiger partial charge in [0.2, 0.25) is 5.91 Å². The molecule has 86 heavy (non-hydrogen) atoms. The number of aliphatic hydroxyl groups excluding tert-OH is 11. The van der Waals surface area contributed by atoms with Crippen LogP contribution in [0.5, 0.6) is 0 Å². The Bertz CT molecular complexity index is 1710. The smallest absolute Gasteiger partial charge is 0.220 e. The summed E-state index contributed by atoms with van der Waals surface area (Å²) in [6, 6.07) is -0.993. The van der Waals surface area contributed by atoms with Gasteiger partial charge < -0.3 is 89.9 Å². The Balaban J connectivity index is 1.41. The second-order valence-electron chi connectivity index (χ2n) is 24.6. The van der Waals surface area contributed by atoms with Gasteiger partial charge in [-0.05, 0) is 57.8 Å². The van der Waals surface area contributed by atoms with Crippen molar-refractivity contribution in [2.45, 2.75) is 356 Å². The maximum Gasteiger partial charge on any atom is 0.220 e. The maximum atomic E-state index is 13.3. The van der Waals surface area contributed by atoms with E-state index in [2.05, 4.69) is 43.5 Å². The Morgan fingerprint density at radius 2 is 0.744 bits per heavy atom. The molecular formula is C67H123NO18. The van der Waals surface area contributed by atoms with Crippen molar-refractivity contribution in [3.05, 3.63) is 36.5 Å². The Hall–Kier alpha value is -1.99. The highest BCUT2D eigenvalue weighted by atomic mass is 16.8. The van der Waals surface area contributed by atoms with Crippen LogP contribution in [-0.2, 0) is 33.2 Å². The van der Waals surface area contributed by atoms with Crippen molar-refractivity contribution < 1.29 is 89.4 Å². The van der Waals surface area contributed by atoms with Gasteiger partial charge >= 0.3 is 0 Å². The Morgan fingerprint density at radius 1 is 0.407 bits per heavy atom. The molecule has 17 unspecified atom stereocenters. The summed E-state index contributed by atoms with van der Waals surface area (Å²) in [4.78, 5) is 13.3. The van der Waals surface area contributed by atoms with Crippen LogP contribution >= 0.6 is 0 Å². The third-order valence-corrected chi connectivity index (χ3v) is 17.2. The van der Waals surface area contributed by atoms with Crippen LogP contribution in [0.4, 0.5) is 0 Å². The summed E-state index contributed by atoms with van der Waals surface area (Å²) >= 11 is 0. The first kappa shape index (κ1) is 78.3. The highest BCUT2D eigenvalue weighted by Gasteiger charge is 2.53. The van der Waals surface area contributed by atoms with Gasteiger partial charge in [0.15, 0.2) is 18.9 Å². The normalized spacial score (nSPS) is 29.0. The number of hydrogen-bond donors (Lipinski definition) is 12. The highest BCUT2D eigenvalue weighted by Crippen LogP contribution is 2.33. The van der Waals surface area contributed by atoms with Crippen molar-refractivity contribution in [2.24, 2.45) is 0 Å². The molecule has 1 amide bonds. The molecule has 3 rings (SSSR count). The van der Waals surface area contributed by atoms with E-state index in [0.717, 1.165) is 57.8 Å². The lowest BCUT2D eigenvalue weighted by Gasteiger charge is -2.48. The van der Waals surface area contributed by atoms with Crippen molar-refractivity contribution in [1.29, 1.82) is 0 Å². The summed E-state index contributed by atoms with van der Waals surface area (Å²) in [7, 11) is 0. The quantitative estimate of drug-likeness (QED) is 0.0201. The molecule has 0 bridgehead atoms. The van der Waals surface area contributed by atoms with Crippen LogP contribution in [0.1, 0.15) is 251 Å². The minimum absolute atomic E-state index is 0.225. The summed E-state index contributed by atoms with van der Waals surface area (Å²) in [6.07, 6.45) is 30.1. The summed E-state index contributed by atoms with van der Waals surface area (Å²) in [6.45, 7) is 1.69. The molecule has 3 fully saturated rings. The molecule has 0 aromatic carbocycles. The second kappa shape index (κ2) is 49.7. The van der Waals surface area contributed by atoms with Crippen LogP contribution in [0.15, 0.2) is 36.5 Å². The monoisotopic (exact) mass is 1230 g/mol. The molecule has 12 N–H and O–H groups in total. The van der Waals surface area contributed by atoms with Crippen LogP contribution < -0.4 is 5.32 Å². The fourth-order valence-corrected chi connectivity index (χ4v) is 11.6. The minimum Gasteiger partial charge on any atom is -0.394 e. The van der Waals surface area contributed by atoms with Gasteiger partial charge in [0.05, 0.1) is 38.6 Å². The van der Waals surface area contributed by atoms with E-state index >= 15 is 0 Å². The van der Waals surface area contributed by atoms with Gasteiger partial charge in [0.1, 0.15) is 73.2 Å². The van der Waals surface area contributed by atoms with E-state index in [9.17, 15) is 61.0 Å².